The highest BCUT2D eigenvalue weighted by Gasteiger charge is 2.26. The third kappa shape index (κ3) is 5.73. The molecule has 154 valence electrons. The summed E-state index contributed by atoms with van der Waals surface area (Å²) in [5.41, 5.74) is 2.65. The summed E-state index contributed by atoms with van der Waals surface area (Å²) in [5, 5.41) is 5.65. The second-order valence-electron chi connectivity index (χ2n) is 8.15. The van der Waals surface area contributed by atoms with Gasteiger partial charge in [0.05, 0.1) is 0 Å². The van der Waals surface area contributed by atoms with Crippen LogP contribution in [-0.2, 0) is 16.0 Å². The van der Waals surface area contributed by atoms with E-state index >= 15 is 0 Å². The molecule has 6 nitrogen and oxygen atoms in total. The van der Waals surface area contributed by atoms with Crippen LogP contribution in [0.3, 0.4) is 0 Å². The molecule has 2 N–H and O–H groups in total. The summed E-state index contributed by atoms with van der Waals surface area (Å²) >= 11 is 0. The van der Waals surface area contributed by atoms with E-state index in [4.69, 9.17) is 4.74 Å². The highest BCUT2D eigenvalue weighted by atomic mass is 16.6. The van der Waals surface area contributed by atoms with Gasteiger partial charge in [-0.3, -0.25) is 4.79 Å². The molecule has 3 rings (SSSR count). The molecule has 29 heavy (non-hydrogen) atoms. The quantitative estimate of drug-likeness (QED) is 0.786. The SMILES string of the molecule is CC(C)(C)OC(=O)NC(C(=O)NCCN1CCc2ccccc21)c1ccccc1. The molecule has 1 aliphatic rings. The van der Waals surface area contributed by atoms with E-state index in [2.05, 4.69) is 33.7 Å². The fourth-order valence-electron chi connectivity index (χ4n) is 3.43. The van der Waals surface area contributed by atoms with Crippen LogP contribution in [0.25, 0.3) is 0 Å². The maximum absolute atomic E-state index is 12.9. The van der Waals surface area contributed by atoms with Crippen molar-refractivity contribution >= 4 is 17.7 Å². The number of anilines is 1. The predicted octanol–water partition coefficient (Wildman–Crippen LogP) is 3.43. The molecular weight excluding hydrogens is 366 g/mol. The first kappa shape index (κ1) is 20.7. The standard InChI is InChI=1S/C23H29N3O3/c1-23(2,3)29-22(28)25-20(18-10-5-4-6-11-18)21(27)24-14-16-26-15-13-17-9-7-8-12-19(17)26/h4-12,20H,13-16H2,1-3H3,(H,24,27)(H,25,28). The number of nitrogens with one attached hydrogen (secondary N) is 2. The van der Waals surface area contributed by atoms with Crippen molar-refractivity contribution in [3.05, 3.63) is 65.7 Å². The van der Waals surface area contributed by atoms with E-state index in [-0.39, 0.29) is 5.91 Å². The summed E-state index contributed by atoms with van der Waals surface area (Å²) in [6, 6.07) is 16.7. The molecule has 0 aromatic heterocycles. The van der Waals surface area contributed by atoms with Gasteiger partial charge in [-0.25, -0.2) is 4.79 Å². The number of para-hydroxylation sites is 1. The van der Waals surface area contributed by atoms with Crippen molar-refractivity contribution in [3.8, 4) is 0 Å². The minimum absolute atomic E-state index is 0.255. The maximum atomic E-state index is 12.9. The Bertz CT molecular complexity index is 846. The van der Waals surface area contributed by atoms with Gasteiger partial charge in [0.2, 0.25) is 5.91 Å². The molecule has 6 heteroatoms. The third-order valence-electron chi connectivity index (χ3n) is 4.72. The van der Waals surface area contributed by atoms with Crippen LogP contribution in [-0.4, -0.2) is 37.2 Å². The van der Waals surface area contributed by atoms with E-state index in [1.54, 1.807) is 20.8 Å². The van der Waals surface area contributed by atoms with Crippen molar-refractivity contribution in [1.29, 1.82) is 0 Å². The fraction of sp³-hybridized carbons (Fsp3) is 0.391. The van der Waals surface area contributed by atoms with Gasteiger partial charge in [0.1, 0.15) is 11.6 Å². The topological polar surface area (TPSA) is 70.7 Å². The molecule has 0 saturated heterocycles. The molecule has 0 aliphatic carbocycles. The van der Waals surface area contributed by atoms with Crippen LogP contribution in [0.4, 0.5) is 10.5 Å². The van der Waals surface area contributed by atoms with E-state index in [9.17, 15) is 9.59 Å². The largest absolute Gasteiger partial charge is 0.444 e. The Morgan fingerprint density at radius 1 is 1.07 bits per heavy atom. The van der Waals surface area contributed by atoms with E-state index in [1.165, 1.54) is 11.3 Å². The minimum atomic E-state index is -0.808. The zero-order valence-electron chi connectivity index (χ0n) is 17.3. The molecule has 0 fully saturated rings. The van der Waals surface area contributed by atoms with Crippen LogP contribution in [0.1, 0.15) is 37.9 Å². The van der Waals surface area contributed by atoms with Crippen LogP contribution in [0.2, 0.25) is 0 Å². The first-order chi connectivity index (χ1) is 13.8. The minimum Gasteiger partial charge on any atom is -0.444 e. The molecule has 1 heterocycles. The Morgan fingerprint density at radius 3 is 2.48 bits per heavy atom. The molecule has 0 bridgehead atoms. The number of hydrogen-bond acceptors (Lipinski definition) is 4. The number of benzene rings is 2. The number of nitrogens with zero attached hydrogens (tertiary/aromatic N) is 1. The molecule has 2 aromatic rings. The second-order valence-corrected chi connectivity index (χ2v) is 8.15. The van der Waals surface area contributed by atoms with E-state index in [0.717, 1.165) is 19.5 Å². The Kier molecular flexibility index (Phi) is 6.42. The van der Waals surface area contributed by atoms with Crippen LogP contribution in [0.15, 0.2) is 54.6 Å². The average Bonchev–Trinajstić information content (AvgIpc) is 3.08. The highest BCUT2D eigenvalue weighted by molar-refractivity contribution is 5.87. The van der Waals surface area contributed by atoms with Crippen molar-refractivity contribution in [2.75, 3.05) is 24.5 Å². The first-order valence-electron chi connectivity index (χ1n) is 9.98. The lowest BCUT2D eigenvalue weighted by atomic mass is 10.1. The van der Waals surface area contributed by atoms with E-state index in [1.807, 2.05) is 36.4 Å². The van der Waals surface area contributed by atoms with Crippen molar-refractivity contribution in [1.82, 2.24) is 10.6 Å². The predicted molar refractivity (Wildman–Crippen MR) is 114 cm³/mol. The molecule has 0 spiro atoms. The zero-order chi connectivity index (χ0) is 20.9. The number of hydrogen-bond donors (Lipinski definition) is 2. The molecule has 1 unspecified atom stereocenters. The van der Waals surface area contributed by atoms with Crippen molar-refractivity contribution in [3.63, 3.8) is 0 Å². The van der Waals surface area contributed by atoms with Gasteiger partial charge in [-0.05, 0) is 44.4 Å². The molecule has 1 atom stereocenters. The van der Waals surface area contributed by atoms with Gasteiger partial charge in [-0.1, -0.05) is 48.5 Å². The average molecular weight is 396 g/mol. The van der Waals surface area contributed by atoms with Gasteiger partial charge in [-0.2, -0.15) is 0 Å². The number of carbonyl (C=O) groups excluding carboxylic acids is 2. The van der Waals surface area contributed by atoms with Crippen LogP contribution < -0.4 is 15.5 Å². The summed E-state index contributed by atoms with van der Waals surface area (Å²) in [6.07, 6.45) is 0.409. The van der Waals surface area contributed by atoms with Crippen LogP contribution in [0.5, 0.6) is 0 Å². The number of ether oxygens (including phenoxy) is 1. The Labute approximate surface area is 172 Å². The van der Waals surface area contributed by atoms with Gasteiger partial charge in [0.15, 0.2) is 0 Å². The van der Waals surface area contributed by atoms with Crippen LogP contribution >= 0.6 is 0 Å². The Hall–Kier alpha value is -3.02. The van der Waals surface area contributed by atoms with E-state index in [0.29, 0.717) is 12.1 Å². The normalized spacial score (nSPS) is 14.1. The summed E-state index contributed by atoms with van der Waals surface area (Å²) in [4.78, 5) is 27.4. The number of amides is 2. The second kappa shape index (κ2) is 8.99. The van der Waals surface area contributed by atoms with Gasteiger partial charge in [0.25, 0.3) is 0 Å². The summed E-state index contributed by atoms with van der Waals surface area (Å²) in [5.74, 6) is -0.255. The van der Waals surface area contributed by atoms with Gasteiger partial charge in [-0.15, -0.1) is 0 Å². The highest BCUT2D eigenvalue weighted by Crippen LogP contribution is 2.26. The third-order valence-corrected chi connectivity index (χ3v) is 4.72. The number of fused-ring (bicyclic) bond motifs is 1. The van der Waals surface area contributed by atoms with Crippen LogP contribution in [0, 0.1) is 0 Å². The summed E-state index contributed by atoms with van der Waals surface area (Å²) in [7, 11) is 0. The van der Waals surface area contributed by atoms with Gasteiger partial charge in [0, 0.05) is 25.3 Å². The zero-order valence-corrected chi connectivity index (χ0v) is 17.3. The van der Waals surface area contributed by atoms with E-state index < -0.39 is 17.7 Å². The fourth-order valence-corrected chi connectivity index (χ4v) is 3.43. The Morgan fingerprint density at radius 2 is 1.76 bits per heavy atom. The summed E-state index contributed by atoms with van der Waals surface area (Å²) in [6.45, 7) is 7.53. The number of rotatable bonds is 6. The first-order valence-corrected chi connectivity index (χ1v) is 9.98. The van der Waals surface area contributed by atoms with Crippen molar-refractivity contribution < 1.29 is 14.3 Å². The van der Waals surface area contributed by atoms with Gasteiger partial charge < -0.3 is 20.3 Å². The number of alkyl carbamates (subject to hydrolysis) is 1. The summed E-state index contributed by atoms with van der Waals surface area (Å²) < 4.78 is 5.33. The van der Waals surface area contributed by atoms with Gasteiger partial charge >= 0.3 is 6.09 Å². The maximum Gasteiger partial charge on any atom is 0.408 e. The lowest BCUT2D eigenvalue weighted by molar-refractivity contribution is -0.123. The number of carbonyl (C=O) groups is 2. The Balaban J connectivity index is 1.60. The lowest BCUT2D eigenvalue weighted by Gasteiger charge is -2.24. The molecule has 0 saturated carbocycles. The monoisotopic (exact) mass is 395 g/mol. The molecule has 1 aliphatic heterocycles. The molecule has 2 amide bonds. The molecular formula is C23H29N3O3. The lowest BCUT2D eigenvalue weighted by Crippen LogP contribution is -2.44. The van der Waals surface area contributed by atoms with Crippen molar-refractivity contribution in [2.24, 2.45) is 0 Å². The molecule has 0 radical (unpaired) electrons. The van der Waals surface area contributed by atoms with Crippen molar-refractivity contribution in [2.45, 2.75) is 38.8 Å². The smallest absolute Gasteiger partial charge is 0.408 e. The molecule has 2 aromatic carbocycles.